The van der Waals surface area contributed by atoms with Gasteiger partial charge in [-0.3, -0.25) is 9.59 Å². The number of amides is 2. The summed E-state index contributed by atoms with van der Waals surface area (Å²) in [5.74, 6) is 0.373. The molecule has 0 atom stereocenters. The van der Waals surface area contributed by atoms with E-state index in [1.165, 1.54) is 0 Å². The highest BCUT2D eigenvalue weighted by Crippen LogP contribution is 2.23. The van der Waals surface area contributed by atoms with Gasteiger partial charge in [0, 0.05) is 45.8 Å². The number of likely N-dealkylation sites (N-methyl/N-ethyl adjacent to an activating group) is 1. The molecule has 0 saturated carbocycles. The van der Waals surface area contributed by atoms with E-state index < -0.39 is 0 Å². The number of nitrogens with zero attached hydrogens (tertiary/aromatic N) is 5. The second kappa shape index (κ2) is 7.56. The summed E-state index contributed by atoms with van der Waals surface area (Å²) >= 11 is 0. The van der Waals surface area contributed by atoms with Crippen molar-refractivity contribution in [1.29, 1.82) is 0 Å². The van der Waals surface area contributed by atoms with Crippen LogP contribution in [0.2, 0.25) is 0 Å². The largest absolute Gasteiger partial charge is 0.338 e. The average molecular weight is 347 g/mol. The van der Waals surface area contributed by atoms with Gasteiger partial charge in [0.15, 0.2) is 5.82 Å². The maximum absolute atomic E-state index is 13.0. The second-order valence-electron chi connectivity index (χ2n) is 6.91. The molecule has 0 unspecified atom stereocenters. The number of aromatic nitrogens is 2. The molecular formula is C18H29N5O2. The second-order valence-corrected chi connectivity index (χ2v) is 6.91. The fraction of sp³-hybridized carbons (Fsp3) is 0.722. The van der Waals surface area contributed by atoms with Crippen molar-refractivity contribution >= 4 is 11.8 Å². The van der Waals surface area contributed by atoms with Crippen molar-refractivity contribution in [2.24, 2.45) is 0 Å². The number of imidazole rings is 1. The van der Waals surface area contributed by atoms with Gasteiger partial charge in [0.05, 0.1) is 5.69 Å². The van der Waals surface area contributed by atoms with E-state index >= 15 is 0 Å². The van der Waals surface area contributed by atoms with Crippen LogP contribution in [0.1, 0.15) is 53.5 Å². The molecule has 0 spiro atoms. The molecule has 2 aliphatic rings. The number of hydrogen-bond donors (Lipinski definition) is 0. The molecule has 3 rings (SSSR count). The topological polar surface area (TPSA) is 61.7 Å². The van der Waals surface area contributed by atoms with Gasteiger partial charge >= 0.3 is 0 Å². The number of carbonyl (C=O) groups excluding carboxylic acids is 2. The number of hydrogen-bond acceptors (Lipinski definition) is 4. The lowest BCUT2D eigenvalue weighted by atomic mass is 10.1. The van der Waals surface area contributed by atoms with E-state index in [9.17, 15) is 9.59 Å². The fourth-order valence-electron chi connectivity index (χ4n) is 3.69. The third-order valence-corrected chi connectivity index (χ3v) is 5.35. The third kappa shape index (κ3) is 3.42. The molecule has 0 bridgehead atoms. The number of rotatable bonds is 4. The first-order valence-corrected chi connectivity index (χ1v) is 9.43. The summed E-state index contributed by atoms with van der Waals surface area (Å²) < 4.78 is 2.00. The highest BCUT2D eigenvalue weighted by molar-refractivity contribution is 5.97. The molecular weight excluding hydrogens is 318 g/mol. The van der Waals surface area contributed by atoms with E-state index in [2.05, 4.69) is 16.9 Å². The molecule has 7 nitrogen and oxygen atoms in total. The SMILES string of the molecule is CCN(CC)C(=O)c1nc(C(=O)N2CCN(C)CC2)n2c1CCCC2. The van der Waals surface area contributed by atoms with Crippen LogP contribution in [0.15, 0.2) is 0 Å². The van der Waals surface area contributed by atoms with Crippen molar-refractivity contribution < 1.29 is 9.59 Å². The van der Waals surface area contributed by atoms with Crippen LogP contribution in [-0.2, 0) is 13.0 Å². The van der Waals surface area contributed by atoms with E-state index in [0.717, 1.165) is 57.7 Å². The van der Waals surface area contributed by atoms with E-state index in [1.54, 1.807) is 4.90 Å². The third-order valence-electron chi connectivity index (χ3n) is 5.35. The van der Waals surface area contributed by atoms with Gasteiger partial charge in [-0.2, -0.15) is 0 Å². The first-order valence-electron chi connectivity index (χ1n) is 9.43. The van der Waals surface area contributed by atoms with Crippen molar-refractivity contribution in [3.63, 3.8) is 0 Å². The molecule has 0 aromatic carbocycles. The minimum Gasteiger partial charge on any atom is -0.338 e. The van der Waals surface area contributed by atoms with Gasteiger partial charge in [-0.15, -0.1) is 0 Å². The molecule has 1 aromatic rings. The molecule has 1 fully saturated rings. The van der Waals surface area contributed by atoms with Gasteiger partial charge in [0.25, 0.3) is 11.8 Å². The highest BCUT2D eigenvalue weighted by Gasteiger charge is 2.31. The lowest BCUT2D eigenvalue weighted by Gasteiger charge is -2.32. The Morgan fingerprint density at radius 3 is 2.36 bits per heavy atom. The smallest absolute Gasteiger partial charge is 0.289 e. The van der Waals surface area contributed by atoms with Gasteiger partial charge in [0.1, 0.15) is 5.69 Å². The maximum Gasteiger partial charge on any atom is 0.289 e. The van der Waals surface area contributed by atoms with Crippen LogP contribution in [0, 0.1) is 0 Å². The van der Waals surface area contributed by atoms with Crippen molar-refractivity contribution in [3.05, 3.63) is 17.2 Å². The van der Waals surface area contributed by atoms with E-state index in [1.807, 2.05) is 23.3 Å². The molecule has 138 valence electrons. The van der Waals surface area contributed by atoms with Crippen molar-refractivity contribution in [2.45, 2.75) is 39.7 Å². The number of fused-ring (bicyclic) bond motifs is 1. The summed E-state index contributed by atoms with van der Waals surface area (Å²) in [5, 5.41) is 0. The summed E-state index contributed by atoms with van der Waals surface area (Å²) in [6, 6.07) is 0. The van der Waals surface area contributed by atoms with Gasteiger partial charge in [-0.25, -0.2) is 4.98 Å². The van der Waals surface area contributed by atoms with Gasteiger partial charge in [-0.05, 0) is 40.2 Å². The van der Waals surface area contributed by atoms with Gasteiger partial charge in [0.2, 0.25) is 0 Å². The molecule has 0 N–H and O–H groups in total. The van der Waals surface area contributed by atoms with Crippen molar-refractivity contribution in [2.75, 3.05) is 46.3 Å². The van der Waals surface area contributed by atoms with Crippen LogP contribution in [0.4, 0.5) is 0 Å². The zero-order chi connectivity index (χ0) is 18.0. The maximum atomic E-state index is 13.0. The summed E-state index contributed by atoms with van der Waals surface area (Å²) in [5.41, 5.74) is 1.43. The van der Waals surface area contributed by atoms with Crippen molar-refractivity contribution in [3.8, 4) is 0 Å². The predicted molar refractivity (Wildman–Crippen MR) is 95.8 cm³/mol. The standard InChI is InChI=1S/C18H29N5O2/c1-4-21(5-2)17(24)15-14-8-6-7-9-23(14)16(19-15)18(25)22-12-10-20(3)11-13-22/h4-13H2,1-3H3. The average Bonchev–Trinajstić information content (AvgIpc) is 3.02. The van der Waals surface area contributed by atoms with Crippen LogP contribution in [0.5, 0.6) is 0 Å². The van der Waals surface area contributed by atoms with E-state index in [4.69, 9.17) is 0 Å². The summed E-state index contributed by atoms with van der Waals surface area (Å²) in [7, 11) is 2.07. The minimum atomic E-state index is -0.0481. The van der Waals surface area contributed by atoms with Crippen molar-refractivity contribution in [1.82, 2.24) is 24.3 Å². The molecule has 1 saturated heterocycles. The fourth-order valence-corrected chi connectivity index (χ4v) is 3.69. The Morgan fingerprint density at radius 1 is 1.04 bits per heavy atom. The molecule has 0 aliphatic carbocycles. The zero-order valence-electron chi connectivity index (χ0n) is 15.6. The minimum absolute atomic E-state index is 0.0325. The predicted octanol–water partition coefficient (Wildman–Crippen LogP) is 1.09. The van der Waals surface area contributed by atoms with Crippen LogP contribution in [-0.4, -0.2) is 82.4 Å². The Kier molecular flexibility index (Phi) is 5.42. The number of piperazine rings is 1. The molecule has 0 radical (unpaired) electrons. The lowest BCUT2D eigenvalue weighted by molar-refractivity contribution is 0.0645. The van der Waals surface area contributed by atoms with E-state index in [-0.39, 0.29) is 11.8 Å². The first-order chi connectivity index (χ1) is 12.1. The van der Waals surface area contributed by atoms with Crippen LogP contribution in [0.25, 0.3) is 0 Å². The van der Waals surface area contributed by atoms with Gasteiger partial charge < -0.3 is 19.3 Å². The highest BCUT2D eigenvalue weighted by atomic mass is 16.2. The van der Waals surface area contributed by atoms with Gasteiger partial charge in [-0.1, -0.05) is 0 Å². The summed E-state index contributed by atoms with van der Waals surface area (Å²) in [6.07, 6.45) is 2.91. The molecule has 2 amide bonds. The Bertz CT molecular complexity index is 642. The van der Waals surface area contributed by atoms with Crippen LogP contribution < -0.4 is 0 Å². The molecule has 25 heavy (non-hydrogen) atoms. The summed E-state index contributed by atoms with van der Waals surface area (Å²) in [6.45, 7) is 9.23. The zero-order valence-corrected chi connectivity index (χ0v) is 15.6. The lowest BCUT2D eigenvalue weighted by Crippen LogP contribution is -2.47. The monoisotopic (exact) mass is 347 g/mol. The first kappa shape index (κ1) is 17.9. The van der Waals surface area contributed by atoms with Crippen LogP contribution >= 0.6 is 0 Å². The van der Waals surface area contributed by atoms with E-state index in [0.29, 0.717) is 24.6 Å². The normalized spacial score (nSPS) is 18.1. The molecule has 1 aromatic heterocycles. The Hall–Kier alpha value is -1.89. The molecule has 3 heterocycles. The van der Waals surface area contributed by atoms with Crippen LogP contribution in [0.3, 0.4) is 0 Å². The number of carbonyl (C=O) groups is 2. The Morgan fingerprint density at radius 2 is 1.72 bits per heavy atom. The Balaban J connectivity index is 1.92. The quantitative estimate of drug-likeness (QED) is 0.818. The Labute approximate surface area is 149 Å². The summed E-state index contributed by atoms with van der Waals surface area (Å²) in [4.78, 5) is 36.3. The molecule has 2 aliphatic heterocycles. The molecule has 7 heteroatoms.